The van der Waals surface area contributed by atoms with E-state index in [9.17, 15) is 9.18 Å². The Bertz CT molecular complexity index is 1050. The average molecular weight is 415 g/mol. The maximum absolute atomic E-state index is 12.3. The zero-order valence-electron chi connectivity index (χ0n) is 17.0. The van der Waals surface area contributed by atoms with Crippen molar-refractivity contribution in [2.75, 3.05) is 0 Å². The smallest absolute Gasteiger partial charge is 0.193 e. The van der Waals surface area contributed by atoms with Gasteiger partial charge in [-0.15, -0.1) is 0 Å². The van der Waals surface area contributed by atoms with Crippen LogP contribution in [-0.4, -0.2) is 5.78 Å². The number of aryl methyl sites for hydroxylation is 2. The van der Waals surface area contributed by atoms with Gasteiger partial charge < -0.3 is 0 Å². The van der Waals surface area contributed by atoms with Crippen LogP contribution in [0.1, 0.15) is 27.0 Å². The molecule has 4 aromatic rings. The molecule has 0 radical (unpaired) electrons. The van der Waals surface area contributed by atoms with Crippen molar-refractivity contribution in [1.29, 1.82) is 0 Å². The third-order valence-corrected chi connectivity index (χ3v) is 5.44. The molecule has 0 amide bonds. The van der Waals surface area contributed by atoms with Gasteiger partial charge in [0.1, 0.15) is 5.82 Å². The van der Waals surface area contributed by atoms with E-state index in [1.165, 1.54) is 22.6 Å². The van der Waals surface area contributed by atoms with Crippen molar-refractivity contribution in [3.8, 4) is 0 Å². The molecule has 0 aromatic heterocycles. The number of halogens is 1. The third-order valence-electron chi connectivity index (χ3n) is 4.42. The Morgan fingerprint density at radius 2 is 1.03 bits per heavy atom. The maximum atomic E-state index is 12.3. The molecule has 0 fully saturated rings. The molecule has 0 atom stereocenters. The molecule has 150 valence electrons. The van der Waals surface area contributed by atoms with Crippen LogP contribution in [0.4, 0.5) is 4.39 Å². The molecule has 1 nitrogen and oxygen atoms in total. The van der Waals surface area contributed by atoms with E-state index in [-0.39, 0.29) is 11.6 Å². The Hall–Kier alpha value is -3.17. The minimum absolute atomic E-state index is 0.0625. The topological polar surface area (TPSA) is 17.1 Å². The van der Waals surface area contributed by atoms with Gasteiger partial charge >= 0.3 is 0 Å². The van der Waals surface area contributed by atoms with Gasteiger partial charge in [-0.25, -0.2) is 4.39 Å². The predicted molar refractivity (Wildman–Crippen MR) is 123 cm³/mol. The number of ketones is 1. The Morgan fingerprint density at radius 3 is 1.53 bits per heavy atom. The summed E-state index contributed by atoms with van der Waals surface area (Å²) < 4.78 is 12.1. The first-order chi connectivity index (χ1) is 14.5. The molecule has 0 spiro atoms. The highest BCUT2D eigenvalue weighted by Crippen LogP contribution is 2.28. The van der Waals surface area contributed by atoms with Crippen LogP contribution < -0.4 is 0 Å². The van der Waals surface area contributed by atoms with Gasteiger partial charge in [-0.3, -0.25) is 4.79 Å². The number of carbonyl (C=O) groups is 1. The molecule has 0 unspecified atom stereocenters. The summed E-state index contributed by atoms with van der Waals surface area (Å²) in [4.78, 5) is 14.7. The van der Waals surface area contributed by atoms with Crippen molar-refractivity contribution in [2.45, 2.75) is 23.6 Å². The van der Waals surface area contributed by atoms with Crippen LogP contribution in [0.25, 0.3) is 0 Å². The number of carbonyl (C=O) groups excluding carboxylic acids is 1. The van der Waals surface area contributed by atoms with E-state index in [1.807, 2.05) is 61.5 Å². The van der Waals surface area contributed by atoms with Crippen molar-refractivity contribution >= 4 is 17.5 Å². The van der Waals surface area contributed by atoms with Gasteiger partial charge in [0.15, 0.2) is 5.78 Å². The summed E-state index contributed by atoms with van der Waals surface area (Å²) in [6.45, 7) is 4.01. The Morgan fingerprint density at radius 1 is 0.600 bits per heavy atom. The van der Waals surface area contributed by atoms with E-state index in [0.717, 1.165) is 21.6 Å². The van der Waals surface area contributed by atoms with Gasteiger partial charge in [0.25, 0.3) is 0 Å². The van der Waals surface area contributed by atoms with Crippen LogP contribution >= 0.6 is 11.8 Å². The van der Waals surface area contributed by atoms with Crippen LogP contribution in [0.2, 0.25) is 0 Å². The number of hydrogen-bond acceptors (Lipinski definition) is 2. The Kier molecular flexibility index (Phi) is 7.58. The number of rotatable bonds is 4. The first kappa shape index (κ1) is 21.5. The Balaban J connectivity index is 0.000000269. The van der Waals surface area contributed by atoms with E-state index in [4.69, 9.17) is 0 Å². The molecular weight excluding hydrogens is 391 g/mol. The number of hydrogen-bond donors (Lipinski definition) is 0. The Labute approximate surface area is 181 Å². The second-order valence-electron chi connectivity index (χ2n) is 6.93. The van der Waals surface area contributed by atoms with Crippen molar-refractivity contribution in [2.24, 2.45) is 0 Å². The molecule has 4 aromatic carbocycles. The normalized spacial score (nSPS) is 10.1. The summed E-state index contributed by atoms with van der Waals surface area (Å²) >= 11 is 1.70. The van der Waals surface area contributed by atoms with Crippen molar-refractivity contribution in [3.63, 3.8) is 0 Å². The lowest BCUT2D eigenvalue weighted by Gasteiger charge is -2.04. The van der Waals surface area contributed by atoms with Crippen molar-refractivity contribution in [3.05, 3.63) is 131 Å². The monoisotopic (exact) mass is 414 g/mol. The number of benzene rings is 4. The van der Waals surface area contributed by atoms with E-state index < -0.39 is 0 Å². The molecule has 0 saturated carbocycles. The second kappa shape index (κ2) is 10.6. The zero-order chi connectivity index (χ0) is 21.3. The fourth-order valence-electron chi connectivity index (χ4n) is 2.71. The predicted octanol–water partition coefficient (Wildman–Crippen LogP) is 7.51. The van der Waals surface area contributed by atoms with Crippen molar-refractivity contribution < 1.29 is 9.18 Å². The lowest BCUT2D eigenvalue weighted by molar-refractivity contribution is 0.103. The molecule has 0 heterocycles. The van der Waals surface area contributed by atoms with Crippen LogP contribution in [0, 0.1) is 19.7 Å². The highest BCUT2D eigenvalue weighted by atomic mass is 32.2. The fourth-order valence-corrected chi connectivity index (χ4v) is 3.52. The van der Waals surface area contributed by atoms with Crippen LogP contribution in [0.15, 0.2) is 113 Å². The molecule has 3 heteroatoms. The van der Waals surface area contributed by atoms with Gasteiger partial charge in [-0.2, -0.15) is 0 Å². The van der Waals surface area contributed by atoms with Gasteiger partial charge in [0.05, 0.1) is 0 Å². The second-order valence-corrected chi connectivity index (χ2v) is 8.08. The fraction of sp³-hybridized carbons (Fsp3) is 0.0741. The van der Waals surface area contributed by atoms with Crippen LogP contribution in [0.3, 0.4) is 0 Å². The molecule has 0 aliphatic carbocycles. The molecule has 0 saturated heterocycles. The van der Waals surface area contributed by atoms with Gasteiger partial charge in [0, 0.05) is 20.9 Å². The van der Waals surface area contributed by atoms with Gasteiger partial charge in [0.2, 0.25) is 0 Å². The first-order valence-electron chi connectivity index (χ1n) is 9.68. The molecule has 30 heavy (non-hydrogen) atoms. The average Bonchev–Trinajstić information content (AvgIpc) is 2.78. The summed E-state index contributed by atoms with van der Waals surface area (Å²) in [6, 6.07) is 32.0. The highest BCUT2D eigenvalue weighted by molar-refractivity contribution is 7.99. The van der Waals surface area contributed by atoms with Gasteiger partial charge in [-0.1, -0.05) is 77.5 Å². The summed E-state index contributed by atoms with van der Waals surface area (Å²) in [5.41, 5.74) is 3.79. The minimum Gasteiger partial charge on any atom is -0.289 e. The molecule has 4 rings (SSSR count). The lowest BCUT2D eigenvalue weighted by Crippen LogP contribution is -2.00. The van der Waals surface area contributed by atoms with E-state index in [2.05, 4.69) is 31.2 Å². The molecule has 0 aliphatic rings. The minimum atomic E-state index is -0.171. The van der Waals surface area contributed by atoms with Crippen LogP contribution in [0.5, 0.6) is 0 Å². The van der Waals surface area contributed by atoms with E-state index in [1.54, 1.807) is 23.9 Å². The summed E-state index contributed by atoms with van der Waals surface area (Å²) in [5, 5.41) is 0. The standard InChI is InChI=1S/C20H16OS.C7H7F/c1-15-7-11-18(12-8-15)22-19-13-9-17(10-14-19)20(21)16-5-3-2-4-6-16;1-6-2-4-7(8)5-3-6/h2-14H,1H3;2-5H,1H3. The van der Waals surface area contributed by atoms with E-state index >= 15 is 0 Å². The molecule has 0 aliphatic heterocycles. The molecule has 0 bridgehead atoms. The third kappa shape index (κ3) is 6.43. The summed E-state index contributed by atoms with van der Waals surface area (Å²) in [7, 11) is 0. The van der Waals surface area contributed by atoms with Gasteiger partial charge in [-0.05, 0) is 62.4 Å². The summed E-state index contributed by atoms with van der Waals surface area (Å²) in [5.74, 6) is -0.108. The first-order valence-corrected chi connectivity index (χ1v) is 10.5. The van der Waals surface area contributed by atoms with Crippen molar-refractivity contribution in [1.82, 2.24) is 0 Å². The lowest BCUT2D eigenvalue weighted by atomic mass is 10.0. The SMILES string of the molecule is Cc1ccc(F)cc1.Cc1ccc(Sc2ccc(C(=O)c3ccccc3)cc2)cc1. The highest BCUT2D eigenvalue weighted by Gasteiger charge is 2.08. The maximum Gasteiger partial charge on any atom is 0.193 e. The molecular formula is C27H23FOS. The van der Waals surface area contributed by atoms with Crippen LogP contribution in [-0.2, 0) is 0 Å². The van der Waals surface area contributed by atoms with E-state index in [0.29, 0.717) is 0 Å². The quantitative estimate of drug-likeness (QED) is 0.321. The molecule has 0 N–H and O–H groups in total. The zero-order valence-corrected chi connectivity index (χ0v) is 17.8. The summed E-state index contributed by atoms with van der Waals surface area (Å²) in [6.07, 6.45) is 0. The largest absolute Gasteiger partial charge is 0.289 e.